The zero-order chi connectivity index (χ0) is 13.4. The van der Waals surface area contributed by atoms with Crippen LogP contribution in [-0.4, -0.2) is 24.9 Å². The van der Waals surface area contributed by atoms with Gasteiger partial charge < -0.3 is 15.2 Å². The number of rotatable bonds is 8. The Hall–Kier alpha value is -0.580. The summed E-state index contributed by atoms with van der Waals surface area (Å²) in [5.41, 5.74) is 1.14. The van der Waals surface area contributed by atoms with Crippen molar-refractivity contribution in [2.24, 2.45) is 5.92 Å². The van der Waals surface area contributed by atoms with Gasteiger partial charge in [-0.15, -0.1) is 0 Å². The Bertz CT molecular complexity index is 356. The molecule has 0 atom stereocenters. The number of para-hydroxylation sites is 1. The maximum atomic E-state index is 8.78. The smallest absolute Gasteiger partial charge is 0.137 e. The Morgan fingerprint density at radius 2 is 2.17 bits per heavy atom. The number of benzene rings is 1. The Morgan fingerprint density at radius 1 is 1.39 bits per heavy atom. The first kappa shape index (κ1) is 15.5. The number of halogens is 1. The number of ether oxygens (including phenoxy) is 1. The van der Waals surface area contributed by atoms with Crippen LogP contribution in [0.1, 0.15) is 25.8 Å². The molecule has 102 valence electrons. The molecule has 0 saturated carbocycles. The lowest BCUT2D eigenvalue weighted by atomic mass is 10.2. The van der Waals surface area contributed by atoms with Crippen LogP contribution in [0, 0.1) is 5.92 Å². The summed E-state index contributed by atoms with van der Waals surface area (Å²) in [5, 5.41) is 12.2. The van der Waals surface area contributed by atoms with E-state index in [4.69, 9.17) is 9.84 Å². The van der Waals surface area contributed by atoms with E-state index in [0.717, 1.165) is 28.9 Å². The van der Waals surface area contributed by atoms with Crippen LogP contribution in [0.5, 0.6) is 5.75 Å². The van der Waals surface area contributed by atoms with Gasteiger partial charge in [0.2, 0.25) is 0 Å². The fraction of sp³-hybridized carbons (Fsp3) is 0.571. The summed E-state index contributed by atoms with van der Waals surface area (Å²) in [4.78, 5) is 0. The number of aliphatic hydroxyl groups is 1. The standard InChI is InChI=1S/C14H22BrNO2/c1-11(2)9-16-10-12-5-3-6-13(15)14(12)18-8-4-7-17/h3,5-6,11,16-17H,4,7-10H2,1-2H3. The second-order valence-corrected chi connectivity index (χ2v) is 5.53. The molecule has 18 heavy (non-hydrogen) atoms. The SMILES string of the molecule is CC(C)CNCc1cccc(Br)c1OCCCO. The lowest BCUT2D eigenvalue weighted by Gasteiger charge is -2.14. The van der Waals surface area contributed by atoms with Crippen molar-refractivity contribution in [3.05, 3.63) is 28.2 Å². The van der Waals surface area contributed by atoms with E-state index in [9.17, 15) is 0 Å². The zero-order valence-electron chi connectivity index (χ0n) is 11.1. The Labute approximate surface area is 118 Å². The Morgan fingerprint density at radius 3 is 2.83 bits per heavy atom. The summed E-state index contributed by atoms with van der Waals surface area (Å²) in [7, 11) is 0. The topological polar surface area (TPSA) is 41.5 Å². The molecule has 0 saturated heterocycles. The summed E-state index contributed by atoms with van der Waals surface area (Å²) in [5.74, 6) is 1.51. The average Bonchev–Trinajstić information content (AvgIpc) is 2.32. The third-order valence-electron chi connectivity index (χ3n) is 2.47. The number of nitrogens with one attached hydrogen (secondary N) is 1. The fourth-order valence-electron chi connectivity index (χ4n) is 1.59. The molecule has 0 amide bonds. The van der Waals surface area contributed by atoms with E-state index in [1.807, 2.05) is 12.1 Å². The summed E-state index contributed by atoms with van der Waals surface area (Å²) >= 11 is 3.50. The van der Waals surface area contributed by atoms with Crippen molar-refractivity contribution in [2.45, 2.75) is 26.8 Å². The first-order valence-electron chi connectivity index (χ1n) is 6.37. The third-order valence-corrected chi connectivity index (χ3v) is 3.09. The molecule has 0 aliphatic rings. The lowest BCUT2D eigenvalue weighted by Crippen LogP contribution is -2.19. The van der Waals surface area contributed by atoms with Crippen molar-refractivity contribution < 1.29 is 9.84 Å². The summed E-state index contributed by atoms with van der Waals surface area (Å²) < 4.78 is 6.68. The van der Waals surface area contributed by atoms with Gasteiger partial charge in [0.1, 0.15) is 5.75 Å². The Kier molecular flexibility index (Phi) is 7.32. The molecule has 3 nitrogen and oxygen atoms in total. The minimum atomic E-state index is 0.158. The lowest BCUT2D eigenvalue weighted by molar-refractivity contribution is 0.231. The van der Waals surface area contributed by atoms with Gasteiger partial charge in [-0.05, 0) is 34.5 Å². The van der Waals surface area contributed by atoms with Crippen LogP contribution in [0.15, 0.2) is 22.7 Å². The van der Waals surface area contributed by atoms with Gasteiger partial charge in [0.25, 0.3) is 0 Å². The average molecular weight is 316 g/mol. The van der Waals surface area contributed by atoms with Crippen LogP contribution in [0.4, 0.5) is 0 Å². The van der Waals surface area contributed by atoms with Crippen LogP contribution in [0.2, 0.25) is 0 Å². The number of hydrogen-bond donors (Lipinski definition) is 2. The van der Waals surface area contributed by atoms with Crippen molar-refractivity contribution in [1.82, 2.24) is 5.32 Å². The molecular formula is C14H22BrNO2. The van der Waals surface area contributed by atoms with Gasteiger partial charge in [-0.25, -0.2) is 0 Å². The predicted octanol–water partition coefficient (Wildman–Crippen LogP) is 2.96. The third kappa shape index (κ3) is 5.38. The van der Waals surface area contributed by atoms with Crippen molar-refractivity contribution in [3.63, 3.8) is 0 Å². The van der Waals surface area contributed by atoms with Crippen LogP contribution < -0.4 is 10.1 Å². The molecule has 1 aromatic rings. The summed E-state index contributed by atoms with van der Waals surface area (Å²) in [6.07, 6.45) is 0.653. The molecule has 1 aromatic carbocycles. The van der Waals surface area contributed by atoms with Crippen molar-refractivity contribution in [2.75, 3.05) is 19.8 Å². The molecule has 0 fully saturated rings. The number of aliphatic hydroxyl groups excluding tert-OH is 1. The van der Waals surface area contributed by atoms with E-state index in [1.165, 1.54) is 0 Å². The van der Waals surface area contributed by atoms with Gasteiger partial charge in [-0.1, -0.05) is 26.0 Å². The quantitative estimate of drug-likeness (QED) is 0.725. The van der Waals surface area contributed by atoms with E-state index in [-0.39, 0.29) is 6.61 Å². The molecule has 0 heterocycles. The molecule has 0 unspecified atom stereocenters. The van der Waals surface area contributed by atoms with Crippen molar-refractivity contribution in [1.29, 1.82) is 0 Å². The monoisotopic (exact) mass is 315 g/mol. The summed E-state index contributed by atoms with van der Waals surface area (Å²) in [6.45, 7) is 6.86. The van der Waals surface area contributed by atoms with Gasteiger partial charge >= 0.3 is 0 Å². The second kappa shape index (κ2) is 8.51. The highest BCUT2D eigenvalue weighted by atomic mass is 79.9. The van der Waals surface area contributed by atoms with Crippen LogP contribution in [0.25, 0.3) is 0 Å². The normalized spacial score (nSPS) is 10.9. The molecule has 0 radical (unpaired) electrons. The molecule has 1 rings (SSSR count). The molecule has 0 aliphatic carbocycles. The van der Waals surface area contributed by atoms with E-state index >= 15 is 0 Å². The van der Waals surface area contributed by atoms with Gasteiger partial charge in [0.15, 0.2) is 0 Å². The van der Waals surface area contributed by atoms with Crippen LogP contribution in [0.3, 0.4) is 0 Å². The van der Waals surface area contributed by atoms with Gasteiger partial charge in [-0.3, -0.25) is 0 Å². The Balaban J connectivity index is 2.61. The molecule has 0 aromatic heterocycles. The van der Waals surface area contributed by atoms with Crippen LogP contribution >= 0.6 is 15.9 Å². The highest BCUT2D eigenvalue weighted by molar-refractivity contribution is 9.10. The van der Waals surface area contributed by atoms with Crippen LogP contribution in [-0.2, 0) is 6.54 Å². The maximum Gasteiger partial charge on any atom is 0.137 e. The summed E-state index contributed by atoms with van der Waals surface area (Å²) in [6, 6.07) is 6.04. The first-order valence-corrected chi connectivity index (χ1v) is 7.16. The molecule has 4 heteroatoms. The number of hydrogen-bond acceptors (Lipinski definition) is 3. The molecule has 0 aliphatic heterocycles. The highest BCUT2D eigenvalue weighted by Crippen LogP contribution is 2.29. The fourth-order valence-corrected chi connectivity index (χ4v) is 2.11. The molecule has 0 spiro atoms. The van der Waals surface area contributed by atoms with Crippen molar-refractivity contribution >= 4 is 15.9 Å². The zero-order valence-corrected chi connectivity index (χ0v) is 12.7. The van der Waals surface area contributed by atoms with Gasteiger partial charge in [-0.2, -0.15) is 0 Å². The maximum absolute atomic E-state index is 8.78. The minimum absolute atomic E-state index is 0.158. The first-order chi connectivity index (χ1) is 8.65. The predicted molar refractivity (Wildman–Crippen MR) is 77.9 cm³/mol. The van der Waals surface area contributed by atoms with Gasteiger partial charge in [0, 0.05) is 25.1 Å². The molecular weight excluding hydrogens is 294 g/mol. The van der Waals surface area contributed by atoms with E-state index in [1.54, 1.807) is 0 Å². The highest BCUT2D eigenvalue weighted by Gasteiger charge is 2.07. The van der Waals surface area contributed by atoms with Gasteiger partial charge in [0.05, 0.1) is 11.1 Å². The largest absolute Gasteiger partial charge is 0.492 e. The second-order valence-electron chi connectivity index (χ2n) is 4.68. The minimum Gasteiger partial charge on any atom is -0.492 e. The molecule has 2 N–H and O–H groups in total. The molecule has 0 bridgehead atoms. The van der Waals surface area contributed by atoms with E-state index in [2.05, 4.69) is 41.2 Å². The van der Waals surface area contributed by atoms with E-state index in [0.29, 0.717) is 18.9 Å². The van der Waals surface area contributed by atoms with E-state index < -0.39 is 0 Å². The van der Waals surface area contributed by atoms with Crippen molar-refractivity contribution in [3.8, 4) is 5.75 Å².